The summed E-state index contributed by atoms with van der Waals surface area (Å²) in [5.74, 6) is 2.89. The van der Waals surface area contributed by atoms with Crippen molar-refractivity contribution in [3.05, 3.63) is 58.7 Å². The first-order valence-electron chi connectivity index (χ1n) is 20.2. The molecule has 6 rings (SSSR count). The number of nitrogens with two attached hydrogens (primary N) is 1. The predicted molar refractivity (Wildman–Crippen MR) is 218 cm³/mol. The number of esters is 1. The third kappa shape index (κ3) is 11.2. The zero-order chi connectivity index (χ0) is 37.9. The van der Waals surface area contributed by atoms with Crippen LogP contribution in [0.4, 0.5) is 0 Å². The highest BCUT2D eigenvalue weighted by molar-refractivity contribution is 8.76. The van der Waals surface area contributed by atoms with Gasteiger partial charge in [0.2, 0.25) is 5.91 Å². The smallest absolute Gasteiger partial charge is 0.302 e. The van der Waals surface area contributed by atoms with Crippen LogP contribution in [0.3, 0.4) is 0 Å². The van der Waals surface area contributed by atoms with Crippen molar-refractivity contribution in [1.29, 1.82) is 0 Å². The minimum Gasteiger partial charge on any atom is -0.504 e. The van der Waals surface area contributed by atoms with Crippen LogP contribution in [0.5, 0.6) is 11.5 Å². The van der Waals surface area contributed by atoms with E-state index in [4.69, 9.17) is 15.2 Å². The molecular formula is C42H60N4O6S2. The van der Waals surface area contributed by atoms with Crippen LogP contribution < -0.4 is 15.8 Å². The molecular weight excluding hydrogens is 721 g/mol. The Balaban J connectivity index is 1.29. The maximum absolute atomic E-state index is 13.9. The second-order valence-electron chi connectivity index (χ2n) is 16.0. The molecule has 4 aliphatic rings. The first-order valence-corrected chi connectivity index (χ1v) is 22.7. The minimum atomic E-state index is -0.553. The van der Waals surface area contributed by atoms with Crippen molar-refractivity contribution < 1.29 is 29.3 Å². The number of aryl methyl sites for hydroxylation is 1. The normalized spacial score (nSPS) is 28.1. The van der Waals surface area contributed by atoms with Gasteiger partial charge in [0.25, 0.3) is 0 Å². The number of aliphatic hydroxyl groups is 1. The number of rotatable bonds is 3. The largest absolute Gasteiger partial charge is 0.504 e. The molecule has 2 fully saturated rings. The van der Waals surface area contributed by atoms with E-state index in [2.05, 4.69) is 28.5 Å². The summed E-state index contributed by atoms with van der Waals surface area (Å²) < 4.78 is 12.5. The molecule has 3 aliphatic heterocycles. The molecule has 10 nitrogen and oxygen atoms in total. The number of amides is 1. The zero-order valence-corrected chi connectivity index (χ0v) is 33.6. The molecule has 2 aromatic rings. The van der Waals surface area contributed by atoms with Crippen molar-refractivity contribution in [3.8, 4) is 11.5 Å². The predicted octanol–water partition coefficient (Wildman–Crippen LogP) is 7.06. The lowest BCUT2D eigenvalue weighted by atomic mass is 9.77. The fourth-order valence-corrected chi connectivity index (χ4v) is 10.8. The summed E-state index contributed by atoms with van der Waals surface area (Å²) >= 11 is 0. The number of aromatic hydroxyl groups is 1. The highest BCUT2D eigenvalue weighted by Gasteiger charge is 2.43. The van der Waals surface area contributed by atoms with Gasteiger partial charge in [0.05, 0.1) is 12.0 Å². The van der Waals surface area contributed by atoms with E-state index < -0.39 is 12.2 Å². The molecule has 0 unspecified atom stereocenters. The molecule has 4 bridgehead atoms. The van der Waals surface area contributed by atoms with Gasteiger partial charge in [-0.05, 0) is 93.7 Å². The summed E-state index contributed by atoms with van der Waals surface area (Å²) in [6.07, 6.45) is 12.4. The van der Waals surface area contributed by atoms with Gasteiger partial charge in [-0.25, -0.2) is 4.99 Å². The number of carbonyl (C=O) groups is 2. The SMILES string of the molecule is CC(=O)O[C@@H]1CCc2cc(c(O)c3c2CC[C@H]2CCC[C@@H]2O3)CN2C[C@](Cc3ccccc3)(CCNC(N)=NCSSCCCCCC[C@H](O)C1)CC2=O. The summed E-state index contributed by atoms with van der Waals surface area (Å²) in [7, 11) is 3.49. The molecule has 3 heterocycles. The van der Waals surface area contributed by atoms with Crippen LogP contribution in [0, 0.1) is 11.3 Å². The topological polar surface area (TPSA) is 147 Å². The van der Waals surface area contributed by atoms with Crippen LogP contribution in [-0.2, 0) is 40.1 Å². The summed E-state index contributed by atoms with van der Waals surface area (Å²) in [5, 5.41) is 26.2. The molecule has 12 heteroatoms. The second kappa shape index (κ2) is 19.7. The molecule has 2 aromatic carbocycles. The van der Waals surface area contributed by atoms with Gasteiger partial charge >= 0.3 is 5.97 Å². The van der Waals surface area contributed by atoms with Crippen molar-refractivity contribution in [2.75, 3.05) is 24.7 Å². The zero-order valence-electron chi connectivity index (χ0n) is 31.9. The number of nitrogens with zero attached hydrogens (tertiary/aromatic N) is 2. The molecule has 0 spiro atoms. The van der Waals surface area contributed by atoms with E-state index in [0.717, 1.165) is 87.5 Å². The Morgan fingerprint density at radius 2 is 1.89 bits per heavy atom. The lowest BCUT2D eigenvalue weighted by molar-refractivity contribution is -0.148. The van der Waals surface area contributed by atoms with Crippen molar-refractivity contribution in [1.82, 2.24) is 10.2 Å². The average molecular weight is 781 g/mol. The number of phenols is 1. The first-order chi connectivity index (χ1) is 26.2. The van der Waals surface area contributed by atoms with Crippen LogP contribution >= 0.6 is 21.6 Å². The van der Waals surface area contributed by atoms with E-state index in [9.17, 15) is 19.8 Å². The Morgan fingerprint density at radius 3 is 2.72 bits per heavy atom. The number of benzene rings is 2. The maximum Gasteiger partial charge on any atom is 0.302 e. The molecule has 1 aliphatic carbocycles. The Kier molecular flexibility index (Phi) is 14.8. The van der Waals surface area contributed by atoms with Gasteiger partial charge < -0.3 is 35.6 Å². The fraction of sp³-hybridized carbons (Fsp3) is 0.643. The number of carbonyl (C=O) groups excluding carboxylic acids is 2. The van der Waals surface area contributed by atoms with E-state index in [0.29, 0.717) is 74.3 Å². The van der Waals surface area contributed by atoms with Gasteiger partial charge in [-0.15, -0.1) is 0 Å². The van der Waals surface area contributed by atoms with Gasteiger partial charge in [0.15, 0.2) is 17.5 Å². The lowest BCUT2D eigenvalue weighted by Crippen LogP contribution is -2.37. The van der Waals surface area contributed by atoms with Crippen molar-refractivity contribution in [3.63, 3.8) is 0 Å². The summed E-state index contributed by atoms with van der Waals surface area (Å²) in [6, 6.07) is 12.4. The number of aliphatic imine (C=N–C) groups is 1. The van der Waals surface area contributed by atoms with Gasteiger partial charge in [-0.3, -0.25) is 9.59 Å². The Bertz CT molecular complexity index is 1590. The third-order valence-corrected chi connectivity index (χ3v) is 14.0. The molecule has 5 atom stereocenters. The third-order valence-electron chi connectivity index (χ3n) is 11.8. The lowest BCUT2D eigenvalue weighted by Gasteiger charge is -2.30. The van der Waals surface area contributed by atoms with Crippen LogP contribution in [-0.4, -0.2) is 76.0 Å². The van der Waals surface area contributed by atoms with Gasteiger partial charge in [0, 0.05) is 61.7 Å². The highest BCUT2D eigenvalue weighted by atomic mass is 33.1. The molecule has 296 valence electrons. The number of ether oxygens (including phenoxy) is 2. The number of phenolic OH excluding ortho intramolecular Hbond substituents is 1. The Labute approximate surface area is 329 Å². The maximum atomic E-state index is 13.9. The second-order valence-corrected chi connectivity index (χ2v) is 18.5. The number of aliphatic hydroxyl groups excluding tert-OH is 1. The molecule has 54 heavy (non-hydrogen) atoms. The summed E-state index contributed by atoms with van der Waals surface area (Å²) in [6.45, 7) is 2.86. The van der Waals surface area contributed by atoms with E-state index in [1.165, 1.54) is 12.5 Å². The van der Waals surface area contributed by atoms with E-state index in [-0.39, 0.29) is 35.7 Å². The number of fused-ring (bicyclic) bond motifs is 7. The van der Waals surface area contributed by atoms with Gasteiger partial charge in [-0.1, -0.05) is 71.2 Å². The number of guanidine groups is 1. The van der Waals surface area contributed by atoms with Crippen LogP contribution in [0.2, 0.25) is 0 Å². The molecule has 0 radical (unpaired) electrons. The Morgan fingerprint density at radius 1 is 1.06 bits per heavy atom. The molecule has 1 saturated carbocycles. The van der Waals surface area contributed by atoms with Crippen LogP contribution in [0.1, 0.15) is 113 Å². The summed E-state index contributed by atoms with van der Waals surface area (Å²) in [5.41, 5.74) is 9.90. The molecule has 1 saturated heterocycles. The van der Waals surface area contributed by atoms with Gasteiger partial charge in [-0.2, -0.15) is 0 Å². The number of hydrogen-bond donors (Lipinski definition) is 4. The van der Waals surface area contributed by atoms with Crippen molar-refractivity contribution in [2.45, 2.75) is 135 Å². The summed E-state index contributed by atoms with van der Waals surface area (Å²) in [4.78, 5) is 32.6. The quantitative estimate of drug-likeness (QED) is 0.189. The van der Waals surface area contributed by atoms with Crippen LogP contribution in [0.25, 0.3) is 0 Å². The minimum absolute atomic E-state index is 0.0648. The molecule has 0 aromatic heterocycles. The molecule has 5 N–H and O–H groups in total. The standard InChI is InChI=1S/C42H60N4O6S2/c1-29(47)51-35-17-15-32-22-33(39(50)40-36(32)18-16-31-12-9-14-37(31)52-40)26-46-27-42(25-38(46)49,24-30-10-5-4-6-11-30)19-20-44-41(43)45-28-54-53-21-8-3-2-7-13-34(48)23-35/h4-6,10-11,22,31,34-35,37,48,50H,2-3,7-9,12-21,23-28H2,1H3,(H3,43,44,45)/t31-,34+,35-,37+,42+/m1/s1. The number of nitrogens with one attached hydrogen (secondary N) is 1. The van der Waals surface area contributed by atoms with E-state index in [1.54, 1.807) is 21.6 Å². The number of hydrogen-bond acceptors (Lipinski definition) is 11. The van der Waals surface area contributed by atoms with Crippen LogP contribution in [0.15, 0.2) is 41.4 Å². The van der Waals surface area contributed by atoms with Gasteiger partial charge in [0.1, 0.15) is 12.2 Å². The van der Waals surface area contributed by atoms with E-state index >= 15 is 0 Å². The first kappa shape index (κ1) is 40.6. The van der Waals surface area contributed by atoms with Crippen molar-refractivity contribution in [2.24, 2.45) is 22.1 Å². The fourth-order valence-electron chi connectivity index (χ4n) is 9.04. The van der Waals surface area contributed by atoms with Crippen molar-refractivity contribution >= 4 is 39.4 Å². The average Bonchev–Trinajstić information content (AvgIpc) is 3.65. The molecule has 1 amide bonds. The highest BCUT2D eigenvalue weighted by Crippen LogP contribution is 2.46. The Hall–Kier alpha value is -3.09. The van der Waals surface area contributed by atoms with E-state index in [1.807, 2.05) is 23.1 Å². The monoisotopic (exact) mass is 780 g/mol.